The standard InChI is InChI=1S/C24H30N4O3S/c1-5-25-23(29)26-15-16-32-24-27-21(17-7-11-19(30-3)12-8-17)22(28(24)6-2)18-9-13-20(31-4)14-10-18/h7-14H,5-6,15-16H2,1-4H3,(H2,25,26,29). The number of rotatable bonds is 10. The first-order valence-electron chi connectivity index (χ1n) is 10.6. The van der Waals surface area contributed by atoms with E-state index in [1.165, 1.54) is 0 Å². The Labute approximate surface area is 193 Å². The lowest BCUT2D eigenvalue weighted by Crippen LogP contribution is -2.36. The quantitative estimate of drug-likeness (QED) is 0.344. The number of benzene rings is 2. The van der Waals surface area contributed by atoms with Gasteiger partial charge in [-0.3, -0.25) is 0 Å². The highest BCUT2D eigenvalue weighted by Crippen LogP contribution is 2.37. The average Bonchev–Trinajstić information content (AvgIpc) is 3.20. The summed E-state index contributed by atoms with van der Waals surface area (Å²) < 4.78 is 12.9. The maximum absolute atomic E-state index is 11.6. The molecule has 0 fully saturated rings. The fourth-order valence-corrected chi connectivity index (χ4v) is 4.28. The number of urea groups is 1. The van der Waals surface area contributed by atoms with E-state index in [9.17, 15) is 4.79 Å². The van der Waals surface area contributed by atoms with Crippen molar-refractivity contribution < 1.29 is 14.3 Å². The summed E-state index contributed by atoms with van der Waals surface area (Å²) in [6.07, 6.45) is 0. The highest BCUT2D eigenvalue weighted by atomic mass is 32.2. The molecule has 0 bridgehead atoms. The van der Waals surface area contributed by atoms with Gasteiger partial charge in [0.25, 0.3) is 0 Å². The van der Waals surface area contributed by atoms with Crippen molar-refractivity contribution in [2.75, 3.05) is 33.1 Å². The van der Waals surface area contributed by atoms with Crippen LogP contribution in [0.3, 0.4) is 0 Å². The van der Waals surface area contributed by atoms with Crippen LogP contribution in [-0.2, 0) is 6.54 Å². The van der Waals surface area contributed by atoms with Crippen molar-refractivity contribution in [3.05, 3.63) is 48.5 Å². The number of thioether (sulfide) groups is 1. The van der Waals surface area contributed by atoms with Crippen LogP contribution in [0.15, 0.2) is 53.7 Å². The lowest BCUT2D eigenvalue weighted by Gasteiger charge is -2.12. The van der Waals surface area contributed by atoms with Crippen LogP contribution in [0.1, 0.15) is 13.8 Å². The molecule has 0 saturated carbocycles. The van der Waals surface area contributed by atoms with Gasteiger partial charge in [0.2, 0.25) is 0 Å². The molecule has 0 aliphatic rings. The van der Waals surface area contributed by atoms with Crippen molar-refractivity contribution >= 4 is 17.8 Å². The van der Waals surface area contributed by atoms with E-state index < -0.39 is 0 Å². The molecular weight excluding hydrogens is 424 g/mol. The van der Waals surface area contributed by atoms with E-state index in [4.69, 9.17) is 14.5 Å². The summed E-state index contributed by atoms with van der Waals surface area (Å²) in [5, 5.41) is 6.53. The molecule has 3 rings (SSSR count). The second-order valence-electron chi connectivity index (χ2n) is 6.93. The van der Waals surface area contributed by atoms with Crippen molar-refractivity contribution in [3.8, 4) is 34.0 Å². The lowest BCUT2D eigenvalue weighted by molar-refractivity contribution is 0.242. The zero-order valence-corrected chi connectivity index (χ0v) is 19.8. The first-order valence-corrected chi connectivity index (χ1v) is 11.6. The van der Waals surface area contributed by atoms with Crippen LogP contribution < -0.4 is 20.1 Å². The zero-order valence-electron chi connectivity index (χ0n) is 19.0. The number of aromatic nitrogens is 2. The third-order valence-electron chi connectivity index (χ3n) is 4.93. The van der Waals surface area contributed by atoms with E-state index in [0.29, 0.717) is 13.1 Å². The van der Waals surface area contributed by atoms with Crippen LogP contribution in [0.4, 0.5) is 4.79 Å². The van der Waals surface area contributed by atoms with E-state index >= 15 is 0 Å². The second-order valence-corrected chi connectivity index (χ2v) is 7.99. The van der Waals surface area contributed by atoms with Crippen LogP contribution in [0, 0.1) is 0 Å². The molecule has 2 N–H and O–H groups in total. The van der Waals surface area contributed by atoms with Gasteiger partial charge in [-0.1, -0.05) is 11.8 Å². The molecule has 0 atom stereocenters. The van der Waals surface area contributed by atoms with Crippen LogP contribution in [0.5, 0.6) is 11.5 Å². The van der Waals surface area contributed by atoms with Gasteiger partial charge in [0, 0.05) is 36.5 Å². The Bertz CT molecular complexity index is 1020. The topological polar surface area (TPSA) is 77.4 Å². The number of hydrogen-bond acceptors (Lipinski definition) is 5. The minimum atomic E-state index is -0.148. The summed E-state index contributed by atoms with van der Waals surface area (Å²) in [4.78, 5) is 16.6. The van der Waals surface area contributed by atoms with Crippen molar-refractivity contribution in [3.63, 3.8) is 0 Å². The highest BCUT2D eigenvalue weighted by molar-refractivity contribution is 7.99. The minimum Gasteiger partial charge on any atom is -0.497 e. The Kier molecular flexibility index (Phi) is 8.44. The molecule has 7 nitrogen and oxygen atoms in total. The molecule has 1 aromatic heterocycles. The number of ether oxygens (including phenoxy) is 2. The second kappa shape index (κ2) is 11.5. The smallest absolute Gasteiger partial charge is 0.314 e. The van der Waals surface area contributed by atoms with Gasteiger partial charge in [-0.25, -0.2) is 9.78 Å². The lowest BCUT2D eigenvalue weighted by atomic mass is 10.0. The highest BCUT2D eigenvalue weighted by Gasteiger charge is 2.20. The van der Waals surface area contributed by atoms with Crippen molar-refractivity contribution in [2.45, 2.75) is 25.5 Å². The Balaban J connectivity index is 1.94. The third kappa shape index (κ3) is 5.56. The molecule has 0 saturated heterocycles. The Morgan fingerprint density at radius 3 is 2.06 bits per heavy atom. The van der Waals surface area contributed by atoms with Gasteiger partial charge in [0.1, 0.15) is 11.5 Å². The molecule has 0 aliphatic carbocycles. The molecule has 2 amide bonds. The third-order valence-corrected chi connectivity index (χ3v) is 5.91. The molecule has 32 heavy (non-hydrogen) atoms. The Hall–Kier alpha value is -3.13. The van der Waals surface area contributed by atoms with Gasteiger partial charge in [-0.15, -0.1) is 0 Å². The summed E-state index contributed by atoms with van der Waals surface area (Å²) >= 11 is 1.63. The number of hydrogen-bond donors (Lipinski definition) is 2. The summed E-state index contributed by atoms with van der Waals surface area (Å²) in [7, 11) is 3.32. The van der Waals surface area contributed by atoms with E-state index in [1.807, 2.05) is 43.3 Å². The first kappa shape index (κ1) is 23.5. The summed E-state index contributed by atoms with van der Waals surface area (Å²) in [5.74, 6) is 2.34. The van der Waals surface area contributed by atoms with Crippen molar-refractivity contribution in [1.29, 1.82) is 0 Å². The van der Waals surface area contributed by atoms with Crippen LogP contribution in [-0.4, -0.2) is 48.6 Å². The zero-order chi connectivity index (χ0) is 22.9. The van der Waals surface area contributed by atoms with Gasteiger partial charge in [-0.2, -0.15) is 0 Å². The molecule has 170 valence electrons. The maximum atomic E-state index is 11.6. The number of methoxy groups -OCH3 is 2. The van der Waals surface area contributed by atoms with E-state index in [2.05, 4.69) is 34.3 Å². The van der Waals surface area contributed by atoms with E-state index in [-0.39, 0.29) is 6.03 Å². The average molecular weight is 455 g/mol. The number of carbonyl (C=O) groups is 1. The Morgan fingerprint density at radius 1 is 0.938 bits per heavy atom. The van der Waals surface area contributed by atoms with Crippen molar-refractivity contribution in [1.82, 2.24) is 20.2 Å². The minimum absolute atomic E-state index is 0.148. The molecule has 2 aromatic carbocycles. The summed E-state index contributed by atoms with van der Waals surface area (Å²) in [6, 6.07) is 15.8. The fraction of sp³-hybridized carbons (Fsp3) is 0.333. The fourth-order valence-electron chi connectivity index (χ4n) is 3.36. The predicted molar refractivity (Wildman–Crippen MR) is 130 cm³/mol. The molecule has 0 unspecified atom stereocenters. The SMILES string of the molecule is CCNC(=O)NCCSc1nc(-c2ccc(OC)cc2)c(-c2ccc(OC)cc2)n1CC. The summed E-state index contributed by atoms with van der Waals surface area (Å²) in [6.45, 7) is 5.95. The van der Waals surface area contributed by atoms with E-state index in [1.54, 1.807) is 26.0 Å². The first-order chi connectivity index (χ1) is 15.6. The monoisotopic (exact) mass is 454 g/mol. The maximum Gasteiger partial charge on any atom is 0.314 e. The molecule has 0 aliphatic heterocycles. The number of amides is 2. The van der Waals surface area contributed by atoms with Gasteiger partial charge in [0.15, 0.2) is 5.16 Å². The van der Waals surface area contributed by atoms with Gasteiger partial charge < -0.3 is 24.7 Å². The molecular formula is C24H30N4O3S. The molecule has 0 radical (unpaired) electrons. The largest absolute Gasteiger partial charge is 0.497 e. The van der Waals surface area contributed by atoms with Crippen LogP contribution in [0.25, 0.3) is 22.5 Å². The summed E-state index contributed by atoms with van der Waals surface area (Å²) in [5.41, 5.74) is 4.06. The predicted octanol–water partition coefficient (Wildman–Crippen LogP) is 4.67. The van der Waals surface area contributed by atoms with E-state index in [0.717, 1.165) is 51.5 Å². The molecule has 0 spiro atoms. The van der Waals surface area contributed by atoms with Crippen LogP contribution >= 0.6 is 11.8 Å². The molecule has 1 heterocycles. The van der Waals surface area contributed by atoms with Gasteiger partial charge in [0.05, 0.1) is 25.6 Å². The van der Waals surface area contributed by atoms with Crippen LogP contribution in [0.2, 0.25) is 0 Å². The normalized spacial score (nSPS) is 10.6. The number of nitrogens with zero attached hydrogens (tertiary/aromatic N) is 2. The van der Waals surface area contributed by atoms with Crippen molar-refractivity contribution in [2.24, 2.45) is 0 Å². The number of imidazole rings is 1. The Morgan fingerprint density at radius 2 is 1.53 bits per heavy atom. The van der Waals surface area contributed by atoms with Gasteiger partial charge in [-0.05, 0) is 62.4 Å². The number of carbonyl (C=O) groups excluding carboxylic acids is 1. The molecule has 8 heteroatoms. The number of nitrogens with one attached hydrogen (secondary N) is 2. The van der Waals surface area contributed by atoms with Gasteiger partial charge >= 0.3 is 6.03 Å². The molecule has 3 aromatic rings.